The van der Waals surface area contributed by atoms with Crippen molar-refractivity contribution in [1.29, 1.82) is 0 Å². The number of anilines is 1. The molecule has 0 atom stereocenters. The van der Waals surface area contributed by atoms with Crippen LogP contribution in [-0.2, 0) is 6.73 Å². The smallest absolute Gasteiger partial charge is 0.259 e. The summed E-state index contributed by atoms with van der Waals surface area (Å²) in [6.45, 7) is 6.17. The van der Waals surface area contributed by atoms with Crippen LogP contribution in [0.25, 0.3) is 0 Å². The zero-order valence-electron chi connectivity index (χ0n) is 16.3. The summed E-state index contributed by atoms with van der Waals surface area (Å²) in [5, 5.41) is 8.33. The second kappa shape index (κ2) is 9.20. The lowest BCUT2D eigenvalue weighted by molar-refractivity contribution is 0.102. The quantitative estimate of drug-likeness (QED) is 0.534. The van der Waals surface area contributed by atoms with Gasteiger partial charge in [-0.1, -0.05) is 35.3 Å². The van der Waals surface area contributed by atoms with E-state index in [9.17, 15) is 4.79 Å². The number of aromatic nitrogens is 2. The summed E-state index contributed by atoms with van der Waals surface area (Å²) in [7, 11) is 0. The maximum absolute atomic E-state index is 12.8. The highest BCUT2D eigenvalue weighted by Crippen LogP contribution is 2.28. The van der Waals surface area contributed by atoms with Gasteiger partial charge in [-0.05, 0) is 51.1 Å². The molecule has 152 valence electrons. The predicted molar refractivity (Wildman–Crippen MR) is 114 cm³/mol. The fraction of sp³-hybridized carbons (Fsp3) is 0.238. The third kappa shape index (κ3) is 4.83. The van der Waals surface area contributed by atoms with Gasteiger partial charge in [0.25, 0.3) is 5.91 Å². The lowest BCUT2D eigenvalue weighted by atomic mass is 10.1. The number of para-hydroxylation sites is 1. The summed E-state index contributed by atoms with van der Waals surface area (Å²) >= 11 is 12.0. The van der Waals surface area contributed by atoms with Gasteiger partial charge in [0.15, 0.2) is 6.73 Å². The molecular weight excluding hydrogens is 413 g/mol. The molecule has 1 aromatic heterocycles. The lowest BCUT2D eigenvalue weighted by Gasteiger charge is -2.11. The third-order valence-corrected chi connectivity index (χ3v) is 4.82. The Morgan fingerprint density at radius 2 is 1.86 bits per heavy atom. The van der Waals surface area contributed by atoms with E-state index in [0.717, 1.165) is 5.69 Å². The highest BCUT2D eigenvalue weighted by molar-refractivity contribution is 6.35. The van der Waals surface area contributed by atoms with Crippen molar-refractivity contribution in [3.8, 4) is 11.5 Å². The zero-order valence-corrected chi connectivity index (χ0v) is 17.8. The highest BCUT2D eigenvalue weighted by atomic mass is 35.5. The second-order valence-electron chi connectivity index (χ2n) is 6.28. The molecule has 0 radical (unpaired) electrons. The van der Waals surface area contributed by atoms with Crippen LogP contribution in [0.3, 0.4) is 0 Å². The van der Waals surface area contributed by atoms with Crippen molar-refractivity contribution in [2.75, 3.05) is 11.9 Å². The van der Waals surface area contributed by atoms with E-state index in [1.165, 1.54) is 0 Å². The van der Waals surface area contributed by atoms with Gasteiger partial charge in [0, 0.05) is 5.02 Å². The number of rotatable bonds is 7. The SMILES string of the molecule is CCOc1ccccc1C(=O)Nc1c(C)nn(COc2ccc(Cl)cc2Cl)c1C. The summed E-state index contributed by atoms with van der Waals surface area (Å²) in [5.74, 6) is 0.775. The number of aryl methyl sites for hydroxylation is 1. The normalized spacial score (nSPS) is 10.7. The summed E-state index contributed by atoms with van der Waals surface area (Å²) < 4.78 is 12.9. The van der Waals surface area contributed by atoms with Crippen molar-refractivity contribution in [1.82, 2.24) is 9.78 Å². The standard InChI is InChI=1S/C21H21Cl2N3O3/c1-4-28-18-8-6-5-7-16(18)21(27)24-20-13(2)25-26(14(20)3)12-29-19-10-9-15(22)11-17(19)23/h5-11H,4,12H2,1-3H3,(H,24,27). The Labute approximate surface area is 179 Å². The van der Waals surface area contributed by atoms with E-state index in [2.05, 4.69) is 10.4 Å². The van der Waals surface area contributed by atoms with Crippen LogP contribution in [0.2, 0.25) is 10.0 Å². The molecule has 0 aliphatic heterocycles. The first-order valence-corrected chi connectivity index (χ1v) is 9.81. The maximum atomic E-state index is 12.8. The van der Waals surface area contributed by atoms with Crippen LogP contribution in [0, 0.1) is 13.8 Å². The molecular formula is C21H21Cl2N3O3. The average molecular weight is 434 g/mol. The van der Waals surface area contributed by atoms with Gasteiger partial charge < -0.3 is 14.8 Å². The summed E-state index contributed by atoms with van der Waals surface area (Å²) in [6, 6.07) is 12.1. The first-order valence-electron chi connectivity index (χ1n) is 9.05. The van der Waals surface area contributed by atoms with Gasteiger partial charge in [0.05, 0.1) is 34.3 Å². The number of amides is 1. The molecule has 0 unspecified atom stereocenters. The molecule has 0 saturated carbocycles. The Hall–Kier alpha value is -2.70. The Morgan fingerprint density at radius 1 is 1.10 bits per heavy atom. The van der Waals surface area contributed by atoms with E-state index in [4.69, 9.17) is 32.7 Å². The minimum Gasteiger partial charge on any atom is -0.493 e. The molecule has 1 heterocycles. The van der Waals surface area contributed by atoms with Gasteiger partial charge in [-0.3, -0.25) is 4.79 Å². The van der Waals surface area contributed by atoms with Crippen molar-refractivity contribution in [2.24, 2.45) is 0 Å². The van der Waals surface area contributed by atoms with Crippen LogP contribution in [0.1, 0.15) is 28.7 Å². The number of carbonyl (C=O) groups is 1. The van der Waals surface area contributed by atoms with E-state index in [1.807, 2.05) is 26.8 Å². The van der Waals surface area contributed by atoms with Gasteiger partial charge in [-0.15, -0.1) is 0 Å². The summed E-state index contributed by atoms with van der Waals surface area (Å²) in [6.07, 6.45) is 0. The average Bonchev–Trinajstić information content (AvgIpc) is 2.95. The molecule has 3 rings (SSSR count). The topological polar surface area (TPSA) is 65.4 Å². The zero-order chi connectivity index (χ0) is 21.0. The molecule has 0 fully saturated rings. The van der Waals surface area contributed by atoms with Crippen molar-refractivity contribution < 1.29 is 14.3 Å². The van der Waals surface area contributed by atoms with Crippen molar-refractivity contribution in [3.63, 3.8) is 0 Å². The Morgan fingerprint density at radius 3 is 2.59 bits per heavy atom. The first-order chi connectivity index (χ1) is 13.9. The molecule has 6 nitrogen and oxygen atoms in total. The number of benzene rings is 2. The van der Waals surface area contributed by atoms with E-state index in [-0.39, 0.29) is 12.6 Å². The minimum atomic E-state index is -0.263. The number of carbonyl (C=O) groups excluding carboxylic acids is 1. The molecule has 3 aromatic rings. The number of hydrogen-bond donors (Lipinski definition) is 1. The van der Waals surface area contributed by atoms with Crippen molar-refractivity contribution in [3.05, 3.63) is 69.5 Å². The van der Waals surface area contributed by atoms with E-state index < -0.39 is 0 Å². The molecule has 29 heavy (non-hydrogen) atoms. The molecule has 0 bridgehead atoms. The summed E-state index contributed by atoms with van der Waals surface area (Å²) in [4.78, 5) is 12.8. The van der Waals surface area contributed by atoms with Gasteiger partial charge in [0.2, 0.25) is 0 Å². The number of ether oxygens (including phenoxy) is 2. The monoisotopic (exact) mass is 433 g/mol. The number of nitrogens with zero attached hydrogens (tertiary/aromatic N) is 2. The van der Waals surface area contributed by atoms with Crippen LogP contribution in [0.15, 0.2) is 42.5 Å². The van der Waals surface area contributed by atoms with Crippen LogP contribution in [-0.4, -0.2) is 22.3 Å². The molecule has 8 heteroatoms. The van der Waals surface area contributed by atoms with E-state index in [1.54, 1.807) is 41.1 Å². The van der Waals surface area contributed by atoms with Crippen LogP contribution < -0.4 is 14.8 Å². The van der Waals surface area contributed by atoms with E-state index >= 15 is 0 Å². The molecule has 1 N–H and O–H groups in total. The molecule has 0 saturated heterocycles. The van der Waals surface area contributed by atoms with Crippen molar-refractivity contribution in [2.45, 2.75) is 27.5 Å². The lowest BCUT2D eigenvalue weighted by Crippen LogP contribution is -2.15. The Bertz CT molecular complexity index is 1030. The molecule has 0 aliphatic rings. The number of halogens is 2. The predicted octanol–water partition coefficient (Wildman–Crippen LogP) is 5.49. The fourth-order valence-electron chi connectivity index (χ4n) is 2.84. The van der Waals surface area contributed by atoms with Gasteiger partial charge in [0.1, 0.15) is 11.5 Å². The minimum absolute atomic E-state index is 0.138. The maximum Gasteiger partial charge on any atom is 0.259 e. The van der Waals surface area contributed by atoms with Crippen LogP contribution >= 0.6 is 23.2 Å². The largest absolute Gasteiger partial charge is 0.493 e. The Kier molecular flexibility index (Phi) is 6.67. The van der Waals surface area contributed by atoms with Gasteiger partial charge in [-0.2, -0.15) is 5.10 Å². The first kappa shape index (κ1) is 21.0. The molecule has 0 spiro atoms. The van der Waals surface area contributed by atoms with Gasteiger partial charge in [-0.25, -0.2) is 4.68 Å². The number of nitrogens with one attached hydrogen (secondary N) is 1. The third-order valence-electron chi connectivity index (χ3n) is 4.29. The van der Waals surface area contributed by atoms with Crippen LogP contribution in [0.4, 0.5) is 5.69 Å². The Balaban J connectivity index is 1.76. The van der Waals surface area contributed by atoms with Crippen molar-refractivity contribution >= 4 is 34.8 Å². The second-order valence-corrected chi connectivity index (χ2v) is 7.12. The van der Waals surface area contributed by atoms with E-state index in [0.29, 0.717) is 45.1 Å². The number of hydrogen-bond acceptors (Lipinski definition) is 4. The van der Waals surface area contributed by atoms with Crippen LogP contribution in [0.5, 0.6) is 11.5 Å². The highest BCUT2D eigenvalue weighted by Gasteiger charge is 2.18. The molecule has 0 aliphatic carbocycles. The molecule has 2 aromatic carbocycles. The fourth-order valence-corrected chi connectivity index (χ4v) is 3.31. The summed E-state index contributed by atoms with van der Waals surface area (Å²) in [5.41, 5.74) is 2.53. The molecule has 1 amide bonds. The van der Waals surface area contributed by atoms with Gasteiger partial charge >= 0.3 is 0 Å².